The molecule has 2 aromatic carbocycles. The maximum Gasteiger partial charge on any atom is 0.311 e. The van der Waals surface area contributed by atoms with Crippen molar-refractivity contribution in [2.45, 2.75) is 19.9 Å². The van der Waals surface area contributed by atoms with Crippen molar-refractivity contribution in [2.75, 3.05) is 11.4 Å². The average molecular weight is 399 g/mol. The molecule has 0 fully saturated rings. The molecule has 0 unspecified atom stereocenters. The standard InChI is InChI=1S/C20H19ClN4O3/c1-15-19(16-7-3-2-4-8-16)22-13-23(15)11-6-12-24(14-26)18-10-5-9-17(21)20(18)25(27)28/h2-5,7-10,13-14H,6,11-12H2,1H3. The van der Waals surface area contributed by atoms with Crippen LogP contribution in [0.1, 0.15) is 12.1 Å². The fraction of sp³-hybridized carbons (Fsp3) is 0.200. The van der Waals surface area contributed by atoms with Gasteiger partial charge in [0.05, 0.1) is 16.9 Å². The number of carbonyl (C=O) groups is 1. The van der Waals surface area contributed by atoms with E-state index in [1.807, 2.05) is 41.8 Å². The quantitative estimate of drug-likeness (QED) is 0.318. The molecule has 0 saturated heterocycles. The van der Waals surface area contributed by atoms with Gasteiger partial charge in [0.1, 0.15) is 10.7 Å². The summed E-state index contributed by atoms with van der Waals surface area (Å²) in [5.74, 6) is 0. The van der Waals surface area contributed by atoms with E-state index >= 15 is 0 Å². The van der Waals surface area contributed by atoms with Gasteiger partial charge in [-0.2, -0.15) is 0 Å². The third-order valence-electron chi connectivity index (χ3n) is 4.53. The van der Waals surface area contributed by atoms with Gasteiger partial charge in [-0.15, -0.1) is 0 Å². The lowest BCUT2D eigenvalue weighted by Crippen LogP contribution is -2.24. The second-order valence-corrected chi connectivity index (χ2v) is 6.66. The topological polar surface area (TPSA) is 81.3 Å². The molecule has 0 saturated carbocycles. The van der Waals surface area contributed by atoms with E-state index in [1.165, 1.54) is 17.0 Å². The Bertz CT molecular complexity index is 988. The zero-order valence-electron chi connectivity index (χ0n) is 15.3. The van der Waals surface area contributed by atoms with Crippen molar-refractivity contribution >= 4 is 29.4 Å². The van der Waals surface area contributed by atoms with Gasteiger partial charge in [0.2, 0.25) is 6.41 Å². The largest absolute Gasteiger partial charge is 0.334 e. The lowest BCUT2D eigenvalue weighted by molar-refractivity contribution is -0.383. The molecule has 0 aliphatic rings. The molecule has 7 nitrogen and oxygen atoms in total. The minimum Gasteiger partial charge on any atom is -0.334 e. The lowest BCUT2D eigenvalue weighted by atomic mass is 10.1. The van der Waals surface area contributed by atoms with E-state index in [-0.39, 0.29) is 16.4 Å². The number of imidazole rings is 1. The van der Waals surface area contributed by atoms with Crippen LogP contribution in [-0.4, -0.2) is 27.4 Å². The average Bonchev–Trinajstić information content (AvgIpc) is 3.06. The van der Waals surface area contributed by atoms with Crippen LogP contribution in [0.15, 0.2) is 54.9 Å². The number of nitro benzene ring substituents is 1. The molecular weight excluding hydrogens is 380 g/mol. The van der Waals surface area contributed by atoms with Crippen LogP contribution in [0.5, 0.6) is 0 Å². The van der Waals surface area contributed by atoms with Crippen molar-refractivity contribution in [2.24, 2.45) is 0 Å². The summed E-state index contributed by atoms with van der Waals surface area (Å²) >= 11 is 5.94. The lowest BCUT2D eigenvalue weighted by Gasteiger charge is -2.18. The minimum atomic E-state index is -0.569. The monoisotopic (exact) mass is 398 g/mol. The Morgan fingerprint density at radius 3 is 2.64 bits per heavy atom. The fourth-order valence-electron chi connectivity index (χ4n) is 3.11. The van der Waals surface area contributed by atoms with E-state index in [4.69, 9.17) is 11.6 Å². The van der Waals surface area contributed by atoms with Crippen molar-refractivity contribution in [3.8, 4) is 11.3 Å². The van der Waals surface area contributed by atoms with Crippen LogP contribution >= 0.6 is 11.6 Å². The zero-order valence-corrected chi connectivity index (χ0v) is 16.0. The zero-order chi connectivity index (χ0) is 20.1. The van der Waals surface area contributed by atoms with Crippen molar-refractivity contribution in [3.63, 3.8) is 0 Å². The van der Waals surface area contributed by atoms with Crippen LogP contribution in [0.4, 0.5) is 11.4 Å². The molecule has 8 heteroatoms. The molecule has 1 heterocycles. The summed E-state index contributed by atoms with van der Waals surface area (Å²) in [6.07, 6.45) is 2.97. The number of nitrogens with zero attached hydrogens (tertiary/aromatic N) is 4. The predicted octanol–water partition coefficient (Wildman–Crippen LogP) is 4.47. The summed E-state index contributed by atoms with van der Waals surface area (Å²) in [6.45, 7) is 2.95. The Balaban J connectivity index is 1.71. The molecule has 0 radical (unpaired) electrons. The summed E-state index contributed by atoms with van der Waals surface area (Å²) in [5, 5.41) is 11.3. The molecule has 0 atom stereocenters. The first-order valence-electron chi connectivity index (χ1n) is 8.75. The van der Waals surface area contributed by atoms with Crippen LogP contribution in [0.3, 0.4) is 0 Å². The Labute approximate surface area is 167 Å². The van der Waals surface area contributed by atoms with Gasteiger partial charge >= 0.3 is 5.69 Å². The van der Waals surface area contributed by atoms with Crippen molar-refractivity contribution in [1.82, 2.24) is 9.55 Å². The molecule has 1 aromatic heterocycles. The minimum absolute atomic E-state index is 0.00677. The molecule has 0 bridgehead atoms. The molecule has 0 aliphatic heterocycles. The predicted molar refractivity (Wildman–Crippen MR) is 109 cm³/mol. The highest BCUT2D eigenvalue weighted by Crippen LogP contribution is 2.34. The van der Waals surface area contributed by atoms with Crippen LogP contribution in [0, 0.1) is 17.0 Å². The van der Waals surface area contributed by atoms with Gasteiger partial charge in [-0.25, -0.2) is 4.98 Å². The van der Waals surface area contributed by atoms with Gasteiger partial charge in [-0.3, -0.25) is 14.9 Å². The summed E-state index contributed by atoms with van der Waals surface area (Å²) in [6, 6.07) is 14.5. The highest BCUT2D eigenvalue weighted by molar-refractivity contribution is 6.33. The van der Waals surface area contributed by atoms with E-state index in [0.29, 0.717) is 25.9 Å². The molecule has 144 valence electrons. The Hall–Kier alpha value is -3.19. The Morgan fingerprint density at radius 2 is 1.96 bits per heavy atom. The van der Waals surface area contributed by atoms with Crippen LogP contribution in [0.25, 0.3) is 11.3 Å². The van der Waals surface area contributed by atoms with Crippen molar-refractivity contribution in [3.05, 3.63) is 75.7 Å². The smallest absolute Gasteiger partial charge is 0.311 e. The second kappa shape index (κ2) is 8.67. The Kier molecular flexibility index (Phi) is 6.06. The number of nitro groups is 1. The summed E-state index contributed by atoms with van der Waals surface area (Å²) < 4.78 is 2.01. The van der Waals surface area contributed by atoms with Gasteiger partial charge in [-0.1, -0.05) is 48.0 Å². The van der Waals surface area contributed by atoms with Crippen molar-refractivity contribution in [1.29, 1.82) is 0 Å². The van der Waals surface area contributed by atoms with Gasteiger partial charge in [0.15, 0.2) is 0 Å². The van der Waals surface area contributed by atoms with E-state index < -0.39 is 4.92 Å². The SMILES string of the molecule is Cc1c(-c2ccccc2)ncn1CCCN(C=O)c1cccc(Cl)c1[N+](=O)[O-]. The third-order valence-corrected chi connectivity index (χ3v) is 4.83. The number of hydrogen-bond donors (Lipinski definition) is 0. The van der Waals surface area contributed by atoms with E-state index in [2.05, 4.69) is 4.98 Å². The highest BCUT2D eigenvalue weighted by atomic mass is 35.5. The second-order valence-electron chi connectivity index (χ2n) is 6.26. The third kappa shape index (κ3) is 4.04. The number of halogens is 1. The van der Waals surface area contributed by atoms with Gasteiger partial charge in [0, 0.05) is 24.3 Å². The number of carbonyl (C=O) groups excluding carboxylic acids is 1. The first kappa shape index (κ1) is 19.6. The summed E-state index contributed by atoms with van der Waals surface area (Å²) in [5.41, 5.74) is 2.92. The number of para-hydroxylation sites is 1. The molecule has 28 heavy (non-hydrogen) atoms. The molecular formula is C20H19ClN4O3. The molecule has 0 N–H and O–H groups in total. The number of rotatable bonds is 8. The number of anilines is 1. The maximum atomic E-state index is 11.5. The van der Waals surface area contributed by atoms with Gasteiger partial charge in [0.25, 0.3) is 0 Å². The molecule has 0 spiro atoms. The van der Waals surface area contributed by atoms with Crippen LogP contribution in [-0.2, 0) is 11.3 Å². The van der Waals surface area contributed by atoms with E-state index in [9.17, 15) is 14.9 Å². The molecule has 3 aromatic rings. The number of aryl methyl sites for hydroxylation is 1. The van der Waals surface area contributed by atoms with E-state index in [1.54, 1.807) is 12.4 Å². The molecule has 1 amide bonds. The number of aromatic nitrogens is 2. The highest BCUT2D eigenvalue weighted by Gasteiger charge is 2.22. The normalized spacial score (nSPS) is 10.6. The fourth-order valence-corrected chi connectivity index (χ4v) is 3.34. The van der Waals surface area contributed by atoms with Gasteiger partial charge in [-0.05, 0) is 25.5 Å². The Morgan fingerprint density at radius 1 is 1.21 bits per heavy atom. The maximum absolute atomic E-state index is 11.5. The number of hydrogen-bond acceptors (Lipinski definition) is 4. The first-order chi connectivity index (χ1) is 13.5. The molecule has 3 rings (SSSR count). The summed E-state index contributed by atoms with van der Waals surface area (Å²) in [4.78, 5) is 28.1. The van der Waals surface area contributed by atoms with Crippen LogP contribution < -0.4 is 4.90 Å². The van der Waals surface area contributed by atoms with Crippen molar-refractivity contribution < 1.29 is 9.72 Å². The number of amides is 1. The van der Waals surface area contributed by atoms with E-state index in [0.717, 1.165) is 17.0 Å². The first-order valence-corrected chi connectivity index (χ1v) is 9.12. The molecule has 0 aliphatic carbocycles. The van der Waals surface area contributed by atoms with Crippen LogP contribution in [0.2, 0.25) is 5.02 Å². The summed E-state index contributed by atoms with van der Waals surface area (Å²) in [7, 11) is 0. The number of benzene rings is 2. The van der Waals surface area contributed by atoms with Gasteiger partial charge < -0.3 is 9.47 Å².